The molecule has 1 atom stereocenters. The quantitative estimate of drug-likeness (QED) is 0.674. The molecule has 4 nitrogen and oxygen atoms in total. The maximum atomic E-state index is 9.77. The highest BCUT2D eigenvalue weighted by Crippen LogP contribution is 2.15. The maximum Gasteiger partial charge on any atom is 0.122 e. The number of aliphatic hydroxyl groups is 1. The lowest BCUT2D eigenvalue weighted by molar-refractivity contribution is 0.106. The Morgan fingerprint density at radius 2 is 2.06 bits per heavy atom. The highest BCUT2D eigenvalue weighted by Gasteiger charge is 2.05. The number of hydrogen-bond acceptors (Lipinski definition) is 4. The van der Waals surface area contributed by atoms with Crippen LogP contribution in [0, 0.1) is 6.92 Å². The lowest BCUT2D eigenvalue weighted by Crippen LogP contribution is -2.35. The molecule has 2 N–H and O–H groups in total. The lowest BCUT2D eigenvalue weighted by atomic mass is 10.2. The molecule has 1 unspecified atom stereocenters. The number of rotatable bonds is 8. The van der Waals surface area contributed by atoms with Crippen LogP contribution in [-0.4, -0.2) is 56.4 Å². The molecular weight excluding hydrogens is 228 g/mol. The van der Waals surface area contributed by atoms with E-state index in [-0.39, 0.29) is 0 Å². The van der Waals surface area contributed by atoms with Gasteiger partial charge in [-0.05, 0) is 32.6 Å². The first-order valence-corrected chi connectivity index (χ1v) is 6.31. The first-order chi connectivity index (χ1) is 8.59. The fraction of sp³-hybridized carbons (Fsp3) is 0.571. The van der Waals surface area contributed by atoms with Gasteiger partial charge < -0.3 is 20.1 Å². The Kier molecular flexibility index (Phi) is 6.72. The second kappa shape index (κ2) is 8.08. The van der Waals surface area contributed by atoms with E-state index >= 15 is 0 Å². The molecule has 0 amide bonds. The Balaban J connectivity index is 2.17. The van der Waals surface area contributed by atoms with Crippen molar-refractivity contribution in [1.82, 2.24) is 10.2 Å². The second-order valence-corrected chi connectivity index (χ2v) is 4.74. The summed E-state index contributed by atoms with van der Waals surface area (Å²) in [4.78, 5) is 2.10. The predicted octanol–water partition coefficient (Wildman–Crippen LogP) is 0.886. The summed E-state index contributed by atoms with van der Waals surface area (Å²) in [5.74, 6) is 0.838. The summed E-state index contributed by atoms with van der Waals surface area (Å²) >= 11 is 0. The van der Waals surface area contributed by atoms with Gasteiger partial charge in [-0.1, -0.05) is 18.2 Å². The largest absolute Gasteiger partial charge is 0.491 e. The zero-order chi connectivity index (χ0) is 13.4. The molecule has 18 heavy (non-hydrogen) atoms. The highest BCUT2D eigenvalue weighted by atomic mass is 16.5. The molecule has 0 fully saturated rings. The number of para-hydroxylation sites is 1. The normalized spacial score (nSPS) is 12.7. The summed E-state index contributed by atoms with van der Waals surface area (Å²) < 4.78 is 5.58. The van der Waals surface area contributed by atoms with Gasteiger partial charge in [-0.3, -0.25) is 0 Å². The molecule has 4 heteroatoms. The van der Waals surface area contributed by atoms with E-state index in [0.29, 0.717) is 13.2 Å². The number of ether oxygens (including phenoxy) is 1. The molecule has 0 saturated carbocycles. The van der Waals surface area contributed by atoms with Crippen molar-refractivity contribution < 1.29 is 9.84 Å². The van der Waals surface area contributed by atoms with Gasteiger partial charge in [-0.15, -0.1) is 0 Å². The Morgan fingerprint density at radius 1 is 1.33 bits per heavy atom. The first-order valence-electron chi connectivity index (χ1n) is 6.31. The third kappa shape index (κ3) is 6.00. The van der Waals surface area contributed by atoms with Gasteiger partial charge in [-0.25, -0.2) is 0 Å². The van der Waals surface area contributed by atoms with Crippen LogP contribution in [0.25, 0.3) is 0 Å². The number of benzene rings is 1. The maximum absolute atomic E-state index is 9.77. The minimum Gasteiger partial charge on any atom is -0.491 e. The highest BCUT2D eigenvalue weighted by molar-refractivity contribution is 5.31. The van der Waals surface area contributed by atoms with Crippen LogP contribution in [0.5, 0.6) is 5.75 Å². The Hall–Kier alpha value is -1.10. The number of hydrogen-bond donors (Lipinski definition) is 2. The van der Waals surface area contributed by atoms with Gasteiger partial charge in [0.2, 0.25) is 0 Å². The third-order valence-electron chi connectivity index (χ3n) is 2.64. The van der Waals surface area contributed by atoms with Gasteiger partial charge in [0, 0.05) is 19.6 Å². The summed E-state index contributed by atoms with van der Waals surface area (Å²) in [7, 11) is 4.05. The van der Waals surface area contributed by atoms with Crippen LogP contribution in [0.3, 0.4) is 0 Å². The molecule has 0 aliphatic carbocycles. The van der Waals surface area contributed by atoms with Gasteiger partial charge in [0.15, 0.2) is 0 Å². The molecular formula is C14H24N2O2. The Labute approximate surface area is 110 Å². The smallest absolute Gasteiger partial charge is 0.122 e. The molecule has 0 aliphatic heterocycles. The molecule has 0 saturated heterocycles. The topological polar surface area (TPSA) is 44.7 Å². The third-order valence-corrected chi connectivity index (χ3v) is 2.64. The average Bonchev–Trinajstić information content (AvgIpc) is 2.33. The molecule has 0 heterocycles. The fourth-order valence-electron chi connectivity index (χ4n) is 1.53. The molecule has 0 spiro atoms. The monoisotopic (exact) mass is 252 g/mol. The van der Waals surface area contributed by atoms with Crippen LogP contribution < -0.4 is 10.1 Å². The number of nitrogens with zero attached hydrogens (tertiary/aromatic N) is 1. The zero-order valence-corrected chi connectivity index (χ0v) is 11.5. The lowest BCUT2D eigenvalue weighted by Gasteiger charge is -2.15. The number of likely N-dealkylation sites (N-methyl/N-ethyl adjacent to an activating group) is 1. The van der Waals surface area contributed by atoms with Crippen molar-refractivity contribution in [3.8, 4) is 5.75 Å². The van der Waals surface area contributed by atoms with Gasteiger partial charge in [0.05, 0.1) is 0 Å². The van der Waals surface area contributed by atoms with Gasteiger partial charge in [0.1, 0.15) is 18.5 Å². The fourth-order valence-corrected chi connectivity index (χ4v) is 1.53. The number of nitrogens with one attached hydrogen (secondary N) is 1. The van der Waals surface area contributed by atoms with E-state index in [1.807, 2.05) is 45.3 Å². The van der Waals surface area contributed by atoms with E-state index in [1.165, 1.54) is 0 Å². The van der Waals surface area contributed by atoms with Crippen molar-refractivity contribution in [2.75, 3.05) is 40.3 Å². The van der Waals surface area contributed by atoms with Gasteiger partial charge in [0.25, 0.3) is 0 Å². The standard InChI is InChI=1S/C14H24N2O2/c1-12-6-4-5-7-14(12)18-11-13(17)10-15-8-9-16(2)3/h4-7,13,15,17H,8-11H2,1-3H3. The van der Waals surface area contributed by atoms with Crippen LogP contribution in [0.15, 0.2) is 24.3 Å². The van der Waals surface area contributed by atoms with Crippen molar-refractivity contribution >= 4 is 0 Å². The van der Waals surface area contributed by atoms with E-state index in [1.54, 1.807) is 0 Å². The molecule has 1 rings (SSSR count). The van der Waals surface area contributed by atoms with Crippen molar-refractivity contribution in [2.24, 2.45) is 0 Å². The SMILES string of the molecule is Cc1ccccc1OCC(O)CNCCN(C)C. The van der Waals surface area contributed by atoms with Crippen molar-refractivity contribution in [3.05, 3.63) is 29.8 Å². The summed E-state index contributed by atoms with van der Waals surface area (Å²) in [5, 5.41) is 13.0. The zero-order valence-electron chi connectivity index (χ0n) is 11.5. The van der Waals surface area contributed by atoms with E-state index in [0.717, 1.165) is 24.4 Å². The van der Waals surface area contributed by atoms with Crippen LogP contribution in [0.4, 0.5) is 0 Å². The van der Waals surface area contributed by atoms with E-state index in [4.69, 9.17) is 4.74 Å². The molecule has 0 bridgehead atoms. The minimum atomic E-state index is -0.480. The minimum absolute atomic E-state index is 0.319. The second-order valence-electron chi connectivity index (χ2n) is 4.74. The average molecular weight is 252 g/mol. The number of aliphatic hydroxyl groups excluding tert-OH is 1. The van der Waals surface area contributed by atoms with Crippen LogP contribution in [0.2, 0.25) is 0 Å². The van der Waals surface area contributed by atoms with Crippen molar-refractivity contribution in [1.29, 1.82) is 0 Å². The molecule has 1 aromatic carbocycles. The predicted molar refractivity (Wildman–Crippen MR) is 74.1 cm³/mol. The molecule has 1 aromatic rings. The molecule has 0 aliphatic rings. The van der Waals surface area contributed by atoms with Crippen LogP contribution in [-0.2, 0) is 0 Å². The van der Waals surface area contributed by atoms with Gasteiger partial charge >= 0.3 is 0 Å². The van der Waals surface area contributed by atoms with Gasteiger partial charge in [-0.2, -0.15) is 0 Å². The van der Waals surface area contributed by atoms with E-state index in [9.17, 15) is 5.11 Å². The summed E-state index contributed by atoms with van der Waals surface area (Å²) in [6.07, 6.45) is -0.480. The Bertz CT molecular complexity index is 342. The molecule has 102 valence electrons. The number of aryl methyl sites for hydroxylation is 1. The molecule has 0 aromatic heterocycles. The molecule has 0 radical (unpaired) electrons. The van der Waals surface area contributed by atoms with Crippen molar-refractivity contribution in [2.45, 2.75) is 13.0 Å². The summed E-state index contributed by atoms with van der Waals surface area (Å²) in [6.45, 7) is 4.70. The Morgan fingerprint density at radius 3 is 2.72 bits per heavy atom. The van der Waals surface area contributed by atoms with E-state index < -0.39 is 6.10 Å². The van der Waals surface area contributed by atoms with Crippen LogP contribution >= 0.6 is 0 Å². The van der Waals surface area contributed by atoms with E-state index in [2.05, 4.69) is 10.2 Å². The summed E-state index contributed by atoms with van der Waals surface area (Å²) in [6, 6.07) is 7.82. The first kappa shape index (κ1) is 15.0. The summed E-state index contributed by atoms with van der Waals surface area (Å²) in [5.41, 5.74) is 1.09. The van der Waals surface area contributed by atoms with Crippen LogP contribution in [0.1, 0.15) is 5.56 Å². The van der Waals surface area contributed by atoms with Crippen molar-refractivity contribution in [3.63, 3.8) is 0 Å².